The standard InChI is InChI=1S/C51H64N2O11/c1-4-7-24-52-47(55)63-41(27-57-31-49(5-2)33-59-34-49)29-61-39-20-16-37(17-21-39)51(45-14-10-8-12-43(45)44-13-9-11-15-46(44)51)38-18-22-40(23-19-38)62-30-42(64-48(56)53-25-26-54)28-58-32-50(6-3)35-60-36-50/h8-23,41-42,54H,4-7,24-36H2,1-3H3,(H,52,55)(H,53,56). The summed E-state index contributed by atoms with van der Waals surface area (Å²) >= 11 is 0. The molecule has 64 heavy (non-hydrogen) atoms. The Morgan fingerprint density at radius 3 is 1.44 bits per heavy atom. The second kappa shape index (κ2) is 22.1. The summed E-state index contributed by atoms with van der Waals surface area (Å²) in [5.74, 6) is 1.24. The molecule has 1 aliphatic carbocycles. The van der Waals surface area contributed by atoms with Gasteiger partial charge in [-0.3, -0.25) is 0 Å². The lowest BCUT2D eigenvalue weighted by atomic mass is 9.68. The summed E-state index contributed by atoms with van der Waals surface area (Å²) in [5, 5.41) is 14.6. The van der Waals surface area contributed by atoms with Gasteiger partial charge in [0.1, 0.15) is 24.7 Å². The number of aliphatic hydroxyl groups is 1. The van der Waals surface area contributed by atoms with E-state index >= 15 is 0 Å². The first-order chi connectivity index (χ1) is 31.3. The van der Waals surface area contributed by atoms with Crippen LogP contribution in [-0.4, -0.2) is 115 Å². The molecule has 344 valence electrons. The summed E-state index contributed by atoms with van der Waals surface area (Å²) in [7, 11) is 0. The molecule has 2 atom stereocenters. The first-order valence-corrected chi connectivity index (χ1v) is 22.7. The number of fused-ring (bicyclic) bond motifs is 3. The van der Waals surface area contributed by atoms with Gasteiger partial charge < -0.3 is 53.6 Å². The number of nitrogens with one attached hydrogen (secondary N) is 2. The number of benzene rings is 4. The molecule has 13 heteroatoms. The van der Waals surface area contributed by atoms with Crippen molar-refractivity contribution in [3.05, 3.63) is 119 Å². The Morgan fingerprint density at radius 1 is 0.609 bits per heavy atom. The molecule has 0 radical (unpaired) electrons. The molecule has 0 saturated carbocycles. The van der Waals surface area contributed by atoms with E-state index in [1.54, 1.807) is 0 Å². The second-order valence-corrected chi connectivity index (χ2v) is 17.2. The van der Waals surface area contributed by atoms with Crippen LogP contribution in [-0.2, 0) is 33.8 Å². The van der Waals surface area contributed by atoms with Crippen molar-refractivity contribution in [2.75, 3.05) is 85.8 Å². The molecule has 13 nitrogen and oxygen atoms in total. The molecular weight excluding hydrogens is 817 g/mol. The third-order valence-electron chi connectivity index (χ3n) is 12.7. The van der Waals surface area contributed by atoms with Crippen LogP contribution in [0, 0.1) is 10.8 Å². The van der Waals surface area contributed by atoms with E-state index in [0.717, 1.165) is 59.1 Å². The van der Waals surface area contributed by atoms with E-state index in [2.05, 4.69) is 104 Å². The molecule has 2 fully saturated rings. The molecule has 2 saturated heterocycles. The Morgan fingerprint density at radius 2 is 1.05 bits per heavy atom. The second-order valence-electron chi connectivity index (χ2n) is 17.2. The summed E-state index contributed by atoms with van der Waals surface area (Å²) in [4.78, 5) is 25.2. The minimum atomic E-state index is -0.693. The molecule has 2 amide bonds. The van der Waals surface area contributed by atoms with Crippen LogP contribution in [0.2, 0.25) is 0 Å². The molecular formula is C51H64N2O11. The molecule has 0 aromatic heterocycles. The lowest BCUT2D eigenvalue weighted by Crippen LogP contribution is -2.46. The maximum absolute atomic E-state index is 12.7. The van der Waals surface area contributed by atoms with Gasteiger partial charge in [0.15, 0.2) is 12.2 Å². The fraction of sp³-hybridized carbons (Fsp3) is 0.490. The Labute approximate surface area is 377 Å². The predicted octanol–water partition coefficient (Wildman–Crippen LogP) is 7.68. The Hall–Kier alpha value is -5.18. The predicted molar refractivity (Wildman–Crippen MR) is 242 cm³/mol. The number of aliphatic hydroxyl groups excluding tert-OH is 1. The molecule has 0 spiro atoms. The van der Waals surface area contributed by atoms with Crippen LogP contribution in [0.15, 0.2) is 97.1 Å². The molecule has 2 heterocycles. The van der Waals surface area contributed by atoms with E-state index in [1.807, 2.05) is 24.3 Å². The average Bonchev–Trinajstić information content (AvgIpc) is 3.59. The highest BCUT2D eigenvalue weighted by molar-refractivity contribution is 5.86. The number of carbonyl (C=O) groups is 2. The van der Waals surface area contributed by atoms with E-state index in [1.165, 1.54) is 0 Å². The number of carbonyl (C=O) groups excluding carboxylic acids is 2. The van der Waals surface area contributed by atoms with Gasteiger partial charge in [-0.15, -0.1) is 0 Å². The molecule has 3 N–H and O–H groups in total. The van der Waals surface area contributed by atoms with Gasteiger partial charge in [-0.2, -0.15) is 0 Å². The average molecular weight is 881 g/mol. The number of ether oxygens (including phenoxy) is 8. The highest BCUT2D eigenvalue weighted by atomic mass is 16.6. The highest BCUT2D eigenvalue weighted by Crippen LogP contribution is 2.56. The monoisotopic (exact) mass is 880 g/mol. The summed E-state index contributed by atoms with van der Waals surface area (Å²) in [6.07, 6.45) is 1.25. The first-order valence-electron chi connectivity index (χ1n) is 22.7. The van der Waals surface area contributed by atoms with Crippen molar-refractivity contribution < 1.29 is 52.6 Å². The first kappa shape index (κ1) is 46.8. The highest BCUT2D eigenvalue weighted by Gasteiger charge is 2.46. The van der Waals surface area contributed by atoms with Crippen molar-refractivity contribution in [2.45, 2.75) is 64.1 Å². The molecule has 7 rings (SSSR count). The lowest BCUT2D eigenvalue weighted by Gasteiger charge is -2.40. The van der Waals surface area contributed by atoms with E-state index in [9.17, 15) is 14.7 Å². The minimum Gasteiger partial charge on any atom is -0.490 e. The summed E-state index contributed by atoms with van der Waals surface area (Å²) in [6.45, 7) is 10.9. The van der Waals surface area contributed by atoms with Crippen LogP contribution in [0.1, 0.15) is 68.7 Å². The Kier molecular flexibility index (Phi) is 16.2. The Balaban J connectivity index is 1.09. The van der Waals surface area contributed by atoms with Gasteiger partial charge in [0.25, 0.3) is 0 Å². The fourth-order valence-electron chi connectivity index (χ4n) is 8.52. The smallest absolute Gasteiger partial charge is 0.407 e. The zero-order valence-corrected chi connectivity index (χ0v) is 37.4. The summed E-state index contributed by atoms with van der Waals surface area (Å²) in [5.41, 5.74) is 6.02. The van der Waals surface area contributed by atoms with E-state index in [0.29, 0.717) is 57.7 Å². The van der Waals surface area contributed by atoms with Crippen molar-refractivity contribution in [1.82, 2.24) is 10.6 Å². The maximum atomic E-state index is 12.7. The third kappa shape index (κ3) is 10.8. The van der Waals surface area contributed by atoms with Gasteiger partial charge in [0.2, 0.25) is 0 Å². The maximum Gasteiger partial charge on any atom is 0.407 e. The number of alkyl carbamates (subject to hydrolysis) is 2. The third-order valence-corrected chi connectivity index (χ3v) is 12.7. The van der Waals surface area contributed by atoms with Crippen molar-refractivity contribution in [3.8, 4) is 22.6 Å². The van der Waals surface area contributed by atoms with E-state index < -0.39 is 29.8 Å². The van der Waals surface area contributed by atoms with Gasteiger partial charge >= 0.3 is 12.2 Å². The van der Waals surface area contributed by atoms with Crippen LogP contribution in [0.5, 0.6) is 11.5 Å². The number of hydrogen-bond donors (Lipinski definition) is 3. The SMILES string of the molecule is CCCCNC(=O)OC(COCC1(CC)COC1)COc1ccc(C2(c3ccc(OCC(COCC4(CC)COC4)OC(=O)NCCO)cc3)c3ccccc3-c3ccccc32)cc1. The van der Waals surface area contributed by atoms with Crippen molar-refractivity contribution in [1.29, 1.82) is 0 Å². The summed E-state index contributed by atoms with van der Waals surface area (Å²) in [6, 6.07) is 33.2. The Bertz CT molecular complexity index is 2050. The van der Waals surface area contributed by atoms with Gasteiger partial charge in [-0.1, -0.05) is 100.0 Å². The zero-order chi connectivity index (χ0) is 44.8. The van der Waals surface area contributed by atoms with Crippen LogP contribution >= 0.6 is 0 Å². The largest absolute Gasteiger partial charge is 0.490 e. The van der Waals surface area contributed by atoms with Crippen molar-refractivity contribution in [2.24, 2.45) is 10.8 Å². The topological polar surface area (TPSA) is 152 Å². The van der Waals surface area contributed by atoms with Gasteiger partial charge in [0, 0.05) is 23.9 Å². The van der Waals surface area contributed by atoms with Crippen LogP contribution < -0.4 is 20.1 Å². The van der Waals surface area contributed by atoms with Gasteiger partial charge in [-0.25, -0.2) is 9.59 Å². The van der Waals surface area contributed by atoms with Gasteiger partial charge in [-0.05, 0) is 76.9 Å². The van der Waals surface area contributed by atoms with Gasteiger partial charge in [0.05, 0.1) is 64.9 Å². The number of rotatable bonds is 25. The number of hydrogen-bond acceptors (Lipinski definition) is 11. The molecule has 2 aliphatic heterocycles. The molecule has 3 aliphatic rings. The van der Waals surface area contributed by atoms with Crippen LogP contribution in [0.4, 0.5) is 9.59 Å². The van der Waals surface area contributed by atoms with E-state index in [-0.39, 0.29) is 50.4 Å². The van der Waals surface area contributed by atoms with Crippen LogP contribution in [0.25, 0.3) is 11.1 Å². The molecule has 0 bridgehead atoms. The molecule has 4 aromatic carbocycles. The normalized spacial score (nSPS) is 17.1. The van der Waals surface area contributed by atoms with E-state index in [4.69, 9.17) is 37.9 Å². The summed E-state index contributed by atoms with van der Waals surface area (Å²) < 4.78 is 47.1. The molecule has 2 unspecified atom stereocenters. The fourth-order valence-corrected chi connectivity index (χ4v) is 8.52. The van der Waals surface area contributed by atoms with Crippen molar-refractivity contribution in [3.63, 3.8) is 0 Å². The molecule has 4 aromatic rings. The quantitative estimate of drug-likeness (QED) is 0.0496. The number of unbranched alkanes of at least 4 members (excludes halogenated alkanes) is 1. The van der Waals surface area contributed by atoms with Crippen LogP contribution in [0.3, 0.4) is 0 Å². The van der Waals surface area contributed by atoms with Crippen molar-refractivity contribution >= 4 is 12.2 Å². The number of amides is 2. The minimum absolute atomic E-state index is 0.00302. The zero-order valence-electron chi connectivity index (χ0n) is 37.4. The lowest BCUT2D eigenvalue weighted by molar-refractivity contribution is -0.156.